The largest absolute Gasteiger partial charge is 0.363 e. The molecule has 0 spiro atoms. The average molecular weight is 402 g/mol. The quantitative estimate of drug-likeness (QED) is 0.355. The number of nitrogens with zero attached hydrogens (tertiary/aromatic N) is 1. The third-order valence-corrected chi connectivity index (χ3v) is 5.30. The molecule has 0 atom stereocenters. The summed E-state index contributed by atoms with van der Waals surface area (Å²) in [5.41, 5.74) is 3.86. The van der Waals surface area contributed by atoms with Crippen LogP contribution >= 0.6 is 15.9 Å². The highest BCUT2D eigenvalue weighted by Gasteiger charge is 2.10. The van der Waals surface area contributed by atoms with Crippen molar-refractivity contribution in [2.45, 2.75) is 13.1 Å². The highest BCUT2D eigenvalue weighted by atomic mass is 79.9. The van der Waals surface area contributed by atoms with Crippen LogP contribution in [-0.2, 0) is 13.1 Å². The lowest BCUT2D eigenvalue weighted by Crippen LogP contribution is -2.22. The molecule has 4 rings (SSSR count). The first-order valence-electron chi connectivity index (χ1n) is 8.81. The molecule has 0 bridgehead atoms. The topological polar surface area (TPSA) is 3.24 Å². The fourth-order valence-electron chi connectivity index (χ4n) is 3.27. The van der Waals surface area contributed by atoms with Gasteiger partial charge in [-0.05, 0) is 40.1 Å². The van der Waals surface area contributed by atoms with E-state index in [-0.39, 0.29) is 0 Å². The van der Waals surface area contributed by atoms with Gasteiger partial charge < -0.3 is 4.90 Å². The summed E-state index contributed by atoms with van der Waals surface area (Å²) in [6.07, 6.45) is 0. The highest BCUT2D eigenvalue weighted by molar-refractivity contribution is 9.10. The molecule has 4 aromatic carbocycles. The first kappa shape index (κ1) is 16.9. The van der Waals surface area contributed by atoms with Gasteiger partial charge in [0.15, 0.2) is 0 Å². The number of benzene rings is 4. The van der Waals surface area contributed by atoms with E-state index in [9.17, 15) is 0 Å². The van der Waals surface area contributed by atoms with Gasteiger partial charge in [0.2, 0.25) is 0 Å². The molecule has 0 aliphatic rings. The van der Waals surface area contributed by atoms with Crippen molar-refractivity contribution >= 4 is 32.4 Å². The lowest BCUT2D eigenvalue weighted by molar-refractivity contribution is 0.801. The van der Waals surface area contributed by atoms with Crippen LogP contribution in [0.5, 0.6) is 0 Å². The van der Waals surface area contributed by atoms with E-state index >= 15 is 0 Å². The smallest absolute Gasteiger partial charge is 0.0433 e. The fraction of sp³-hybridized carbons (Fsp3) is 0.0833. The molecule has 0 aliphatic carbocycles. The zero-order chi connectivity index (χ0) is 17.8. The van der Waals surface area contributed by atoms with Crippen LogP contribution in [0.25, 0.3) is 10.8 Å². The van der Waals surface area contributed by atoms with Gasteiger partial charge >= 0.3 is 0 Å². The van der Waals surface area contributed by atoms with Crippen LogP contribution in [0, 0.1) is 0 Å². The third-order valence-electron chi connectivity index (χ3n) is 4.61. The van der Waals surface area contributed by atoms with E-state index in [2.05, 4.69) is 118 Å². The number of anilines is 1. The second kappa shape index (κ2) is 7.76. The molecule has 0 amide bonds. The summed E-state index contributed by atoms with van der Waals surface area (Å²) < 4.78 is 1.14. The Morgan fingerprint density at radius 2 is 1.23 bits per heavy atom. The zero-order valence-corrected chi connectivity index (χ0v) is 16.1. The van der Waals surface area contributed by atoms with E-state index in [1.54, 1.807) is 0 Å². The maximum Gasteiger partial charge on any atom is 0.0433 e. The Bertz CT molecular complexity index is 955. The van der Waals surface area contributed by atoms with E-state index in [1.165, 1.54) is 27.6 Å². The molecule has 1 nitrogen and oxygen atoms in total. The summed E-state index contributed by atoms with van der Waals surface area (Å²) in [5, 5.41) is 2.50. The van der Waals surface area contributed by atoms with E-state index in [0.717, 1.165) is 17.6 Å². The lowest BCUT2D eigenvalue weighted by atomic mass is 10.1. The Hall–Kier alpha value is -2.58. The Balaban J connectivity index is 1.73. The maximum absolute atomic E-state index is 3.70. The minimum Gasteiger partial charge on any atom is -0.363 e. The molecule has 0 saturated carbocycles. The first-order valence-corrected chi connectivity index (χ1v) is 9.60. The molecular weight excluding hydrogens is 382 g/mol. The van der Waals surface area contributed by atoms with E-state index < -0.39 is 0 Å². The van der Waals surface area contributed by atoms with Crippen molar-refractivity contribution < 1.29 is 0 Å². The van der Waals surface area contributed by atoms with Crippen molar-refractivity contribution in [3.8, 4) is 0 Å². The molecular formula is C24H20BrN. The number of hydrogen-bond acceptors (Lipinski definition) is 1. The van der Waals surface area contributed by atoms with E-state index in [4.69, 9.17) is 0 Å². The Morgan fingerprint density at radius 1 is 0.615 bits per heavy atom. The molecule has 26 heavy (non-hydrogen) atoms. The van der Waals surface area contributed by atoms with Gasteiger partial charge in [0.25, 0.3) is 0 Å². The molecule has 0 radical (unpaired) electrons. The van der Waals surface area contributed by atoms with Crippen molar-refractivity contribution in [3.05, 3.63) is 113 Å². The van der Waals surface area contributed by atoms with Crippen LogP contribution in [0.4, 0.5) is 5.69 Å². The van der Waals surface area contributed by atoms with E-state index in [0.29, 0.717) is 0 Å². The fourth-order valence-corrected chi connectivity index (χ4v) is 3.76. The number of fused-ring (bicyclic) bond motifs is 1. The third kappa shape index (κ3) is 3.81. The summed E-state index contributed by atoms with van der Waals surface area (Å²) in [6, 6.07) is 34.4. The van der Waals surface area contributed by atoms with Crippen LogP contribution < -0.4 is 4.90 Å². The molecule has 0 heterocycles. The average Bonchev–Trinajstić information content (AvgIpc) is 2.69. The Labute approximate surface area is 163 Å². The number of rotatable bonds is 5. The highest BCUT2D eigenvalue weighted by Crippen LogP contribution is 2.29. The lowest BCUT2D eigenvalue weighted by Gasteiger charge is -2.26. The summed E-state index contributed by atoms with van der Waals surface area (Å²) in [5.74, 6) is 0. The molecule has 0 N–H and O–H groups in total. The van der Waals surface area contributed by atoms with E-state index in [1.807, 2.05) is 0 Å². The molecule has 0 fully saturated rings. The van der Waals surface area contributed by atoms with Gasteiger partial charge in [0.1, 0.15) is 0 Å². The monoisotopic (exact) mass is 401 g/mol. The Morgan fingerprint density at radius 3 is 1.85 bits per heavy atom. The first-order chi connectivity index (χ1) is 12.8. The van der Waals surface area contributed by atoms with Gasteiger partial charge in [-0.25, -0.2) is 0 Å². The van der Waals surface area contributed by atoms with Crippen molar-refractivity contribution in [2.75, 3.05) is 4.90 Å². The van der Waals surface area contributed by atoms with Gasteiger partial charge in [0.05, 0.1) is 0 Å². The number of halogens is 1. The summed E-state index contributed by atoms with van der Waals surface area (Å²) in [6.45, 7) is 1.76. The van der Waals surface area contributed by atoms with Crippen molar-refractivity contribution in [3.63, 3.8) is 0 Å². The molecule has 2 heteroatoms. The van der Waals surface area contributed by atoms with Gasteiger partial charge in [-0.1, -0.05) is 94.8 Å². The molecule has 0 saturated heterocycles. The number of hydrogen-bond donors (Lipinski definition) is 0. The molecule has 0 aliphatic heterocycles. The molecule has 0 unspecified atom stereocenters. The van der Waals surface area contributed by atoms with Crippen LogP contribution in [-0.4, -0.2) is 0 Å². The van der Waals surface area contributed by atoms with Gasteiger partial charge in [-0.3, -0.25) is 0 Å². The minimum absolute atomic E-state index is 0.881. The predicted molar refractivity (Wildman–Crippen MR) is 114 cm³/mol. The van der Waals surface area contributed by atoms with Gasteiger partial charge in [-0.2, -0.15) is 0 Å². The van der Waals surface area contributed by atoms with Gasteiger partial charge in [-0.15, -0.1) is 0 Å². The second-order valence-corrected chi connectivity index (χ2v) is 7.33. The van der Waals surface area contributed by atoms with Crippen LogP contribution in [0.1, 0.15) is 11.1 Å². The standard InChI is InChI=1S/C24H20BrN/c25-24-13-7-12-21-14-15-22(16-23(21)24)26(17-19-8-3-1-4-9-19)18-20-10-5-2-6-11-20/h1-16H,17-18H2. The molecule has 4 aromatic rings. The van der Waals surface area contributed by atoms with Crippen molar-refractivity contribution in [2.24, 2.45) is 0 Å². The molecule has 128 valence electrons. The van der Waals surface area contributed by atoms with Gasteiger partial charge in [0, 0.05) is 23.2 Å². The molecule has 0 aromatic heterocycles. The normalized spacial score (nSPS) is 10.8. The minimum atomic E-state index is 0.881. The van der Waals surface area contributed by atoms with Crippen molar-refractivity contribution in [1.29, 1.82) is 0 Å². The summed E-state index contributed by atoms with van der Waals surface area (Å²) >= 11 is 3.70. The zero-order valence-electron chi connectivity index (χ0n) is 14.5. The predicted octanol–water partition coefficient (Wildman–Crippen LogP) is 6.81. The summed E-state index contributed by atoms with van der Waals surface area (Å²) in [4.78, 5) is 2.43. The second-order valence-electron chi connectivity index (χ2n) is 6.47. The Kier molecular flexibility index (Phi) is 5.03. The summed E-state index contributed by atoms with van der Waals surface area (Å²) in [7, 11) is 0. The van der Waals surface area contributed by atoms with Crippen molar-refractivity contribution in [1.82, 2.24) is 0 Å². The van der Waals surface area contributed by atoms with Crippen LogP contribution in [0.2, 0.25) is 0 Å². The SMILES string of the molecule is Brc1cccc2ccc(N(Cc3ccccc3)Cc3ccccc3)cc12. The van der Waals surface area contributed by atoms with Crippen LogP contribution in [0.15, 0.2) is 102 Å². The maximum atomic E-state index is 3.70. The van der Waals surface area contributed by atoms with Crippen LogP contribution in [0.3, 0.4) is 0 Å².